The molecule has 0 aliphatic carbocycles. The number of carbonyl (C=O) groups is 2. The highest BCUT2D eigenvalue weighted by Gasteiger charge is 2.08. The molecule has 0 bridgehead atoms. The van der Waals surface area contributed by atoms with Crippen LogP contribution in [0.3, 0.4) is 0 Å². The van der Waals surface area contributed by atoms with Crippen LogP contribution in [0.2, 0.25) is 0 Å². The molecule has 0 unspecified atom stereocenters. The lowest BCUT2D eigenvalue weighted by molar-refractivity contribution is -0.150. The molecule has 0 saturated heterocycles. The number of carbonyl (C=O) groups excluding carboxylic acids is 2. The van der Waals surface area contributed by atoms with Gasteiger partial charge in [0.15, 0.2) is 13.2 Å². The molecule has 128 valence electrons. The number of esters is 1. The van der Waals surface area contributed by atoms with Gasteiger partial charge in [0.05, 0.1) is 11.6 Å². The Morgan fingerprint density at radius 3 is 2.40 bits per heavy atom. The van der Waals surface area contributed by atoms with Crippen LogP contribution in [0.5, 0.6) is 5.75 Å². The Hall–Kier alpha value is -3.33. The average Bonchev–Trinajstić information content (AvgIpc) is 2.66. The summed E-state index contributed by atoms with van der Waals surface area (Å²) < 4.78 is 10.1. The Labute approximate surface area is 146 Å². The second-order valence-corrected chi connectivity index (χ2v) is 5.17. The van der Waals surface area contributed by atoms with Crippen LogP contribution in [0.4, 0.5) is 0 Å². The number of nitrogens with zero attached hydrogens (tertiary/aromatic N) is 1. The summed E-state index contributed by atoms with van der Waals surface area (Å²) in [6.07, 6.45) is 0.711. The number of rotatable bonds is 8. The zero-order valence-electron chi connectivity index (χ0n) is 13.6. The van der Waals surface area contributed by atoms with Crippen LogP contribution in [0.15, 0.2) is 54.6 Å². The summed E-state index contributed by atoms with van der Waals surface area (Å²) in [7, 11) is 0. The number of benzene rings is 2. The molecule has 6 nitrogen and oxygen atoms in total. The van der Waals surface area contributed by atoms with Crippen molar-refractivity contribution in [3.63, 3.8) is 0 Å². The Kier molecular flexibility index (Phi) is 7.01. The Morgan fingerprint density at radius 1 is 1.00 bits per heavy atom. The Morgan fingerprint density at radius 2 is 1.72 bits per heavy atom. The largest absolute Gasteiger partial charge is 0.482 e. The van der Waals surface area contributed by atoms with E-state index >= 15 is 0 Å². The fraction of sp³-hybridized carbons (Fsp3) is 0.211. The van der Waals surface area contributed by atoms with Crippen molar-refractivity contribution in [2.24, 2.45) is 0 Å². The number of hydrogen-bond acceptors (Lipinski definition) is 5. The van der Waals surface area contributed by atoms with E-state index in [0.717, 1.165) is 5.56 Å². The van der Waals surface area contributed by atoms with Crippen LogP contribution in [0.1, 0.15) is 11.1 Å². The minimum atomic E-state index is -0.637. The predicted octanol–water partition coefficient (Wildman–Crippen LogP) is 1.84. The highest BCUT2D eigenvalue weighted by molar-refractivity contribution is 5.80. The van der Waals surface area contributed by atoms with Crippen LogP contribution in [0, 0.1) is 11.3 Å². The van der Waals surface area contributed by atoms with E-state index in [4.69, 9.17) is 14.7 Å². The first-order chi connectivity index (χ1) is 12.2. The number of nitrogens with one attached hydrogen (secondary N) is 1. The van der Waals surface area contributed by atoms with Gasteiger partial charge in [-0.2, -0.15) is 5.26 Å². The van der Waals surface area contributed by atoms with Gasteiger partial charge in [0.1, 0.15) is 5.75 Å². The van der Waals surface area contributed by atoms with Crippen molar-refractivity contribution in [1.82, 2.24) is 5.32 Å². The summed E-state index contributed by atoms with van der Waals surface area (Å²) in [4.78, 5) is 23.2. The lowest BCUT2D eigenvalue weighted by Crippen LogP contribution is -2.31. The van der Waals surface area contributed by atoms with Crippen LogP contribution >= 0.6 is 0 Å². The van der Waals surface area contributed by atoms with Gasteiger partial charge in [-0.05, 0) is 36.2 Å². The van der Waals surface area contributed by atoms with E-state index < -0.39 is 5.97 Å². The van der Waals surface area contributed by atoms with E-state index in [0.29, 0.717) is 24.3 Å². The second-order valence-electron chi connectivity index (χ2n) is 5.17. The predicted molar refractivity (Wildman–Crippen MR) is 90.8 cm³/mol. The Balaban J connectivity index is 1.60. The third kappa shape index (κ3) is 6.75. The first kappa shape index (κ1) is 18.0. The monoisotopic (exact) mass is 338 g/mol. The summed E-state index contributed by atoms with van der Waals surface area (Å²) in [6.45, 7) is -0.171. The van der Waals surface area contributed by atoms with Gasteiger partial charge in [-0.3, -0.25) is 4.79 Å². The molecule has 2 aromatic rings. The van der Waals surface area contributed by atoms with Crippen molar-refractivity contribution in [3.05, 3.63) is 65.7 Å². The molecule has 0 spiro atoms. The SMILES string of the molecule is N#Cc1ccc(OCC(=O)OCC(=O)NCCc2ccccc2)cc1. The highest BCUT2D eigenvalue weighted by Crippen LogP contribution is 2.11. The van der Waals surface area contributed by atoms with Crippen LogP contribution in [-0.2, 0) is 20.7 Å². The van der Waals surface area contributed by atoms with E-state index in [1.54, 1.807) is 24.3 Å². The highest BCUT2D eigenvalue weighted by atomic mass is 16.6. The van der Waals surface area contributed by atoms with Crippen molar-refractivity contribution >= 4 is 11.9 Å². The van der Waals surface area contributed by atoms with E-state index in [1.807, 2.05) is 36.4 Å². The maximum absolute atomic E-state index is 11.6. The van der Waals surface area contributed by atoms with Gasteiger partial charge in [-0.1, -0.05) is 30.3 Å². The van der Waals surface area contributed by atoms with Crippen molar-refractivity contribution in [2.45, 2.75) is 6.42 Å². The smallest absolute Gasteiger partial charge is 0.344 e. The van der Waals surface area contributed by atoms with E-state index in [2.05, 4.69) is 5.32 Å². The second kappa shape index (κ2) is 9.73. The van der Waals surface area contributed by atoms with Crippen molar-refractivity contribution < 1.29 is 19.1 Å². The maximum Gasteiger partial charge on any atom is 0.344 e. The maximum atomic E-state index is 11.6. The molecular weight excluding hydrogens is 320 g/mol. The zero-order valence-corrected chi connectivity index (χ0v) is 13.6. The first-order valence-corrected chi connectivity index (χ1v) is 7.76. The minimum Gasteiger partial charge on any atom is -0.482 e. The Bertz CT molecular complexity index is 736. The molecule has 0 aliphatic rings. The standard InChI is InChI=1S/C19H18N2O4/c20-12-16-6-8-17(9-7-16)24-14-19(23)25-13-18(22)21-11-10-15-4-2-1-3-5-15/h1-9H,10-11,13-14H2,(H,21,22). The molecular formula is C19H18N2O4. The molecule has 0 fully saturated rings. The van der Waals surface area contributed by atoms with Crippen LogP contribution < -0.4 is 10.1 Å². The third-order valence-electron chi connectivity index (χ3n) is 3.28. The van der Waals surface area contributed by atoms with Crippen LogP contribution in [0.25, 0.3) is 0 Å². The summed E-state index contributed by atoms with van der Waals surface area (Å²) >= 11 is 0. The number of ether oxygens (including phenoxy) is 2. The van der Waals surface area contributed by atoms with Gasteiger partial charge in [0.25, 0.3) is 5.91 Å². The molecule has 0 radical (unpaired) electrons. The molecule has 2 aromatic carbocycles. The fourth-order valence-corrected chi connectivity index (χ4v) is 2.00. The van der Waals surface area contributed by atoms with Gasteiger partial charge in [0.2, 0.25) is 0 Å². The summed E-state index contributed by atoms with van der Waals surface area (Å²) in [6, 6.07) is 18.1. The number of nitriles is 1. The summed E-state index contributed by atoms with van der Waals surface area (Å²) in [5.41, 5.74) is 1.62. The van der Waals surface area contributed by atoms with Gasteiger partial charge in [0, 0.05) is 6.54 Å². The molecule has 0 saturated carbocycles. The number of hydrogen-bond donors (Lipinski definition) is 1. The van der Waals surface area contributed by atoms with E-state index in [1.165, 1.54) is 0 Å². The minimum absolute atomic E-state index is 0.302. The lowest BCUT2D eigenvalue weighted by atomic mass is 10.1. The lowest BCUT2D eigenvalue weighted by Gasteiger charge is -2.08. The van der Waals surface area contributed by atoms with Crippen LogP contribution in [-0.4, -0.2) is 31.6 Å². The number of amides is 1. The molecule has 0 aliphatic heterocycles. The van der Waals surface area contributed by atoms with Crippen molar-refractivity contribution in [3.8, 4) is 11.8 Å². The molecule has 1 N–H and O–H groups in total. The fourth-order valence-electron chi connectivity index (χ4n) is 2.00. The molecule has 1 amide bonds. The molecule has 2 rings (SSSR count). The van der Waals surface area contributed by atoms with Crippen molar-refractivity contribution in [1.29, 1.82) is 5.26 Å². The van der Waals surface area contributed by atoms with Gasteiger partial charge >= 0.3 is 5.97 Å². The molecule has 6 heteroatoms. The van der Waals surface area contributed by atoms with Crippen molar-refractivity contribution in [2.75, 3.05) is 19.8 Å². The topological polar surface area (TPSA) is 88.4 Å². The third-order valence-corrected chi connectivity index (χ3v) is 3.28. The van der Waals surface area contributed by atoms with Gasteiger partial charge < -0.3 is 14.8 Å². The van der Waals surface area contributed by atoms with E-state index in [9.17, 15) is 9.59 Å². The normalized spacial score (nSPS) is 9.72. The van der Waals surface area contributed by atoms with E-state index in [-0.39, 0.29) is 19.1 Å². The molecule has 0 aromatic heterocycles. The van der Waals surface area contributed by atoms with Gasteiger partial charge in [-0.15, -0.1) is 0 Å². The first-order valence-electron chi connectivity index (χ1n) is 7.76. The zero-order chi connectivity index (χ0) is 17.9. The average molecular weight is 338 g/mol. The van der Waals surface area contributed by atoms with Gasteiger partial charge in [-0.25, -0.2) is 4.79 Å². The quantitative estimate of drug-likeness (QED) is 0.742. The molecule has 0 atom stereocenters. The summed E-state index contributed by atoms with van der Waals surface area (Å²) in [5.74, 6) is -0.548. The molecule has 25 heavy (non-hydrogen) atoms. The molecule has 0 heterocycles. The summed E-state index contributed by atoms with van der Waals surface area (Å²) in [5, 5.41) is 11.4.